The summed E-state index contributed by atoms with van der Waals surface area (Å²) in [5, 5.41) is 21.2. The van der Waals surface area contributed by atoms with Gasteiger partial charge in [0.2, 0.25) is 11.8 Å². The van der Waals surface area contributed by atoms with Crippen molar-refractivity contribution in [1.82, 2.24) is 9.80 Å². The molecule has 2 amide bonds. The summed E-state index contributed by atoms with van der Waals surface area (Å²) in [4.78, 5) is 56.1. The number of carbonyl (C=O) groups excluding carboxylic acids is 2. The van der Waals surface area contributed by atoms with Gasteiger partial charge in [0.15, 0.2) is 9.84 Å². The van der Waals surface area contributed by atoms with Gasteiger partial charge >= 0.3 is 11.9 Å². The molecule has 392 valence electrons. The third kappa shape index (κ3) is 14.2. The lowest BCUT2D eigenvalue weighted by molar-refractivity contribution is -0.162. The fourth-order valence-corrected chi connectivity index (χ4v) is 12.9. The van der Waals surface area contributed by atoms with Crippen molar-refractivity contribution >= 4 is 80.0 Å². The minimum atomic E-state index is -3.53. The molecule has 0 radical (unpaired) electrons. The lowest BCUT2D eigenvalue weighted by atomic mass is 9.66. The molecule has 2 aliphatic heterocycles. The molecule has 0 bridgehead atoms. The highest BCUT2D eigenvalue weighted by Gasteiger charge is 2.55. The third-order valence-corrected chi connectivity index (χ3v) is 17.9. The number of aliphatic carboxylic acids is 2. The lowest BCUT2D eigenvalue weighted by Gasteiger charge is -2.53. The van der Waals surface area contributed by atoms with E-state index in [0.717, 1.165) is 35.1 Å². The number of carboxylic acids is 2. The molecule has 4 aromatic carbocycles. The smallest absolute Gasteiger partial charge is 0.304 e. The van der Waals surface area contributed by atoms with Crippen LogP contribution in [0.5, 0.6) is 0 Å². The molecule has 0 aliphatic carbocycles. The Hall–Kier alpha value is -4.13. The van der Waals surface area contributed by atoms with Crippen molar-refractivity contribution in [2.75, 3.05) is 5.75 Å². The summed E-state index contributed by atoms with van der Waals surface area (Å²) < 4.78 is 26.3. The quantitative estimate of drug-likeness (QED) is 0.100. The second kappa shape index (κ2) is 24.5. The first kappa shape index (κ1) is 58.8. The van der Waals surface area contributed by atoms with Crippen LogP contribution in [0, 0.1) is 28.6 Å². The third-order valence-electron chi connectivity index (χ3n) is 14.7. The predicted octanol–water partition coefficient (Wildman–Crippen LogP) is 14.4. The number of rotatable bonds is 18. The predicted molar refractivity (Wildman–Crippen MR) is 291 cm³/mol. The molecule has 2 N–H and O–H groups in total. The van der Waals surface area contributed by atoms with E-state index >= 15 is 0 Å². The van der Waals surface area contributed by atoms with Crippen molar-refractivity contribution in [2.45, 2.75) is 149 Å². The van der Waals surface area contributed by atoms with Gasteiger partial charge in [0.25, 0.3) is 0 Å². The first-order valence-electron chi connectivity index (χ1n) is 24.9. The van der Waals surface area contributed by atoms with Crippen LogP contribution < -0.4 is 0 Å². The number of likely N-dealkylation sites (tertiary alicyclic amines) is 2. The Kier molecular flexibility index (Phi) is 20.0. The minimum absolute atomic E-state index is 0.0271. The lowest BCUT2D eigenvalue weighted by Crippen LogP contribution is -2.59. The van der Waals surface area contributed by atoms with Gasteiger partial charge in [-0.3, -0.25) is 19.2 Å². The molecule has 10 nitrogen and oxygen atoms in total. The number of carboxylic acid groups (broad SMARTS) is 2. The van der Waals surface area contributed by atoms with Crippen molar-refractivity contribution in [2.24, 2.45) is 28.6 Å². The van der Waals surface area contributed by atoms with Crippen LogP contribution in [0.4, 0.5) is 0 Å². The van der Waals surface area contributed by atoms with Crippen molar-refractivity contribution in [1.29, 1.82) is 0 Å². The maximum Gasteiger partial charge on any atom is 0.304 e. The first-order valence-corrected chi connectivity index (χ1v) is 28.1. The molecule has 2 heterocycles. The van der Waals surface area contributed by atoms with Gasteiger partial charge in [-0.25, -0.2) is 8.42 Å². The summed E-state index contributed by atoms with van der Waals surface area (Å²) in [7, 11) is -3.53. The summed E-state index contributed by atoms with van der Waals surface area (Å²) in [5.74, 6) is -2.64. The van der Waals surface area contributed by atoms with E-state index < -0.39 is 49.9 Å². The Labute approximate surface area is 447 Å². The van der Waals surface area contributed by atoms with Gasteiger partial charge in [-0.1, -0.05) is 150 Å². The molecule has 2 saturated heterocycles. The van der Waals surface area contributed by atoms with Crippen molar-refractivity contribution < 1.29 is 37.8 Å². The standard InChI is InChI=1S/C29H37Cl2NO3.C28H35Cl2NO5S/c1-18(2)9-14-25(19(3)4)32-27(20-10-12-22(30)13-11-20)24(21-7-6-8-23(31)15-21)16-29(5,28(32)35)17-26(33)34;1-17(2)24(16-37(35,36)18(3)4)31-26(19-9-11-21(29)12-10-19)23(20-7-6-8-22(30)13-20)14-28(5,27(31)34)15-25(32)33/h6-8,10-13,15,18-19,24-25,27H,9,14,16-17H2,1-5H3,(H,33,34);6-13,17-18,23-24,26H,14-16H2,1-5H3,(H,32,33)/t24-,25-,27-,29-;23-,24-,26-,28-/m11/s1. The van der Waals surface area contributed by atoms with E-state index in [4.69, 9.17) is 46.4 Å². The minimum Gasteiger partial charge on any atom is -0.481 e. The van der Waals surface area contributed by atoms with Crippen LogP contribution in [-0.2, 0) is 29.0 Å². The Balaban J connectivity index is 0.000000268. The van der Waals surface area contributed by atoms with Crippen molar-refractivity contribution in [3.8, 4) is 0 Å². The summed E-state index contributed by atoms with van der Waals surface area (Å²) >= 11 is 25.2. The van der Waals surface area contributed by atoms with Crippen LogP contribution in [-0.4, -0.2) is 75.3 Å². The summed E-state index contributed by atoms with van der Waals surface area (Å²) in [6, 6.07) is 28.5. The summed E-state index contributed by atoms with van der Waals surface area (Å²) in [6.07, 6.45) is 1.96. The Bertz CT molecular complexity index is 2640. The highest BCUT2D eigenvalue weighted by atomic mass is 35.5. The normalized spacial score (nSPS) is 23.6. The summed E-state index contributed by atoms with van der Waals surface area (Å²) in [5.41, 5.74) is 1.41. The van der Waals surface area contributed by atoms with E-state index in [1.165, 1.54) is 0 Å². The molecule has 15 heteroatoms. The summed E-state index contributed by atoms with van der Waals surface area (Å²) in [6.45, 7) is 19.2. The van der Waals surface area contributed by atoms with Crippen molar-refractivity contribution in [3.63, 3.8) is 0 Å². The van der Waals surface area contributed by atoms with Gasteiger partial charge in [0, 0.05) is 44.0 Å². The van der Waals surface area contributed by atoms with E-state index in [1.807, 2.05) is 105 Å². The topological polar surface area (TPSA) is 149 Å². The number of nitrogens with zero attached hydrogens (tertiary/aromatic N) is 2. The molecule has 72 heavy (non-hydrogen) atoms. The number of benzene rings is 4. The maximum atomic E-state index is 14.3. The number of hydrogen-bond donors (Lipinski definition) is 2. The molecular formula is C57H72Cl4N2O8S. The largest absolute Gasteiger partial charge is 0.481 e. The van der Waals surface area contributed by atoms with Gasteiger partial charge < -0.3 is 20.0 Å². The van der Waals surface area contributed by atoms with Gasteiger partial charge in [0.1, 0.15) is 0 Å². The number of piperidine rings is 2. The van der Waals surface area contributed by atoms with Gasteiger partial charge in [0.05, 0.1) is 46.8 Å². The average Bonchev–Trinajstić information content (AvgIpc) is 3.28. The van der Waals surface area contributed by atoms with Crippen LogP contribution in [0.2, 0.25) is 20.1 Å². The number of sulfone groups is 1. The van der Waals surface area contributed by atoms with E-state index in [9.17, 15) is 37.8 Å². The van der Waals surface area contributed by atoms with Crippen LogP contribution in [0.15, 0.2) is 97.1 Å². The number of amides is 2. The first-order chi connectivity index (χ1) is 33.6. The van der Waals surface area contributed by atoms with Gasteiger partial charge in [-0.15, -0.1) is 0 Å². The monoisotopic (exact) mass is 1080 g/mol. The zero-order chi connectivity index (χ0) is 53.6. The molecule has 0 spiro atoms. The molecule has 0 aromatic heterocycles. The van der Waals surface area contributed by atoms with E-state index in [2.05, 4.69) is 27.7 Å². The van der Waals surface area contributed by atoms with E-state index in [0.29, 0.717) is 32.4 Å². The average molecular weight is 1090 g/mol. The fraction of sp³-hybridized carbons (Fsp3) is 0.509. The molecular weight excluding hydrogens is 1010 g/mol. The molecule has 4 aromatic rings. The number of carbonyl (C=O) groups is 4. The molecule has 0 saturated carbocycles. The second-order valence-electron chi connectivity index (χ2n) is 21.9. The molecule has 0 unspecified atom stereocenters. The zero-order valence-electron chi connectivity index (χ0n) is 43.1. The second-order valence-corrected chi connectivity index (χ2v) is 26.2. The highest BCUT2D eigenvalue weighted by molar-refractivity contribution is 7.92. The molecule has 2 aliphatic rings. The van der Waals surface area contributed by atoms with E-state index in [-0.39, 0.29) is 72.6 Å². The zero-order valence-corrected chi connectivity index (χ0v) is 47.0. The SMILES string of the molecule is CC(C)CC[C@H](C(C)C)N1C(=O)[C@@](C)(CC(=O)O)C[C@H](c2cccc(Cl)c2)[C@H]1c1ccc(Cl)cc1.CC(C)[C@@H](CS(=O)(=O)C(C)C)N1C(=O)[C@@](C)(CC(=O)O)C[C@H](c2cccc(Cl)c2)[C@H]1c1ccc(Cl)cc1. The maximum absolute atomic E-state index is 14.3. The van der Waals surface area contributed by atoms with Crippen LogP contribution in [0.25, 0.3) is 0 Å². The van der Waals surface area contributed by atoms with E-state index in [1.54, 1.807) is 43.9 Å². The van der Waals surface area contributed by atoms with Crippen LogP contribution in [0.1, 0.15) is 154 Å². The van der Waals surface area contributed by atoms with Gasteiger partial charge in [-0.2, -0.15) is 0 Å². The fourth-order valence-electron chi connectivity index (χ4n) is 10.8. The van der Waals surface area contributed by atoms with Crippen LogP contribution in [0.3, 0.4) is 0 Å². The van der Waals surface area contributed by atoms with Gasteiger partial charge in [-0.05, 0) is 128 Å². The van der Waals surface area contributed by atoms with Crippen molar-refractivity contribution in [3.05, 3.63) is 139 Å². The van der Waals surface area contributed by atoms with Crippen LogP contribution >= 0.6 is 46.4 Å². The molecule has 6 rings (SSSR count). The molecule has 2 fully saturated rings. The molecule has 8 atom stereocenters. The number of hydrogen-bond acceptors (Lipinski definition) is 6. The Morgan fingerprint density at radius 1 is 0.569 bits per heavy atom. The Morgan fingerprint density at radius 2 is 0.944 bits per heavy atom. The number of halogens is 4. The highest BCUT2D eigenvalue weighted by Crippen LogP contribution is 2.54. The Morgan fingerprint density at radius 3 is 1.26 bits per heavy atom.